The molecule has 0 fully saturated rings. The minimum absolute atomic E-state index is 0.0435. The van der Waals surface area contributed by atoms with Gasteiger partial charge in [0.05, 0.1) is 0 Å². The number of nitrogens with two attached hydrogens (primary N) is 1. The second kappa shape index (κ2) is 4.47. The Morgan fingerprint density at radius 1 is 1.54 bits per heavy atom. The van der Waals surface area contributed by atoms with Crippen molar-refractivity contribution in [1.82, 2.24) is 0 Å². The topological polar surface area (TPSA) is 72.5 Å². The lowest BCUT2D eigenvalue weighted by Crippen LogP contribution is -2.10. The Balaban J connectivity index is 2.79. The Bertz CT molecular complexity index is 299. The number of aldehydes is 1. The Morgan fingerprint density at radius 3 is 2.85 bits per heavy atom. The van der Waals surface area contributed by atoms with Gasteiger partial charge < -0.3 is 15.6 Å². The third-order valence-corrected chi connectivity index (χ3v) is 1.49. The third kappa shape index (κ3) is 2.45. The molecule has 0 aliphatic carbocycles. The standard InChI is InChI=1S/C9H11NO3/c10-3-4-13-9-2-1-7(6-11)5-8(9)12/h1-2,5-6,12H,3-4,10H2. The van der Waals surface area contributed by atoms with Gasteiger partial charge in [0.1, 0.15) is 12.9 Å². The van der Waals surface area contributed by atoms with E-state index in [1.54, 1.807) is 6.07 Å². The van der Waals surface area contributed by atoms with E-state index in [0.717, 1.165) is 0 Å². The zero-order valence-electron chi connectivity index (χ0n) is 7.06. The highest BCUT2D eigenvalue weighted by atomic mass is 16.5. The van der Waals surface area contributed by atoms with Gasteiger partial charge in [-0.2, -0.15) is 0 Å². The molecule has 0 aromatic heterocycles. The third-order valence-electron chi connectivity index (χ3n) is 1.49. The van der Waals surface area contributed by atoms with E-state index in [-0.39, 0.29) is 5.75 Å². The van der Waals surface area contributed by atoms with Gasteiger partial charge in [0.15, 0.2) is 11.5 Å². The van der Waals surface area contributed by atoms with Crippen LogP contribution in [0.4, 0.5) is 0 Å². The van der Waals surface area contributed by atoms with Gasteiger partial charge in [0.25, 0.3) is 0 Å². The molecule has 3 N–H and O–H groups in total. The second-order valence-corrected chi connectivity index (χ2v) is 2.48. The van der Waals surface area contributed by atoms with E-state index in [4.69, 9.17) is 10.5 Å². The van der Waals surface area contributed by atoms with E-state index in [1.165, 1.54) is 12.1 Å². The average Bonchev–Trinajstić information content (AvgIpc) is 2.16. The first-order valence-electron chi connectivity index (χ1n) is 3.89. The van der Waals surface area contributed by atoms with Crippen LogP contribution in [-0.4, -0.2) is 24.5 Å². The number of hydrogen-bond acceptors (Lipinski definition) is 4. The monoisotopic (exact) mass is 181 g/mol. The molecular formula is C9H11NO3. The summed E-state index contributed by atoms with van der Waals surface area (Å²) in [6.07, 6.45) is 0.659. The van der Waals surface area contributed by atoms with Gasteiger partial charge in [0, 0.05) is 12.1 Å². The molecule has 1 aromatic carbocycles. The van der Waals surface area contributed by atoms with Gasteiger partial charge in [-0.3, -0.25) is 4.79 Å². The summed E-state index contributed by atoms with van der Waals surface area (Å²) in [5, 5.41) is 9.32. The normalized spacial score (nSPS) is 9.62. The van der Waals surface area contributed by atoms with Crippen LogP contribution in [0.3, 0.4) is 0 Å². The molecule has 0 aliphatic rings. The summed E-state index contributed by atoms with van der Waals surface area (Å²) in [5.74, 6) is 0.300. The molecule has 0 radical (unpaired) electrons. The molecule has 0 unspecified atom stereocenters. The molecule has 70 valence electrons. The lowest BCUT2D eigenvalue weighted by Gasteiger charge is -2.06. The molecule has 0 aliphatic heterocycles. The van der Waals surface area contributed by atoms with Crippen LogP contribution in [0.5, 0.6) is 11.5 Å². The number of phenolic OH excluding ortho intramolecular Hbond substituents is 1. The number of rotatable bonds is 4. The number of carbonyl (C=O) groups excluding carboxylic acids is 1. The van der Waals surface area contributed by atoms with E-state index in [2.05, 4.69) is 0 Å². The van der Waals surface area contributed by atoms with Crippen LogP contribution < -0.4 is 10.5 Å². The summed E-state index contributed by atoms with van der Waals surface area (Å²) in [6, 6.07) is 4.45. The zero-order chi connectivity index (χ0) is 9.68. The van der Waals surface area contributed by atoms with Crippen molar-refractivity contribution < 1.29 is 14.6 Å². The zero-order valence-corrected chi connectivity index (χ0v) is 7.06. The van der Waals surface area contributed by atoms with Crippen molar-refractivity contribution in [3.8, 4) is 11.5 Å². The number of phenols is 1. The maximum absolute atomic E-state index is 10.3. The maximum atomic E-state index is 10.3. The Morgan fingerprint density at radius 2 is 2.31 bits per heavy atom. The molecule has 4 heteroatoms. The molecule has 0 bridgehead atoms. The first-order valence-corrected chi connectivity index (χ1v) is 3.89. The first-order chi connectivity index (χ1) is 6.27. The number of carbonyl (C=O) groups is 1. The lowest BCUT2D eigenvalue weighted by molar-refractivity contribution is 0.112. The van der Waals surface area contributed by atoms with Gasteiger partial charge >= 0.3 is 0 Å². The van der Waals surface area contributed by atoms with E-state index < -0.39 is 0 Å². The molecule has 0 amide bonds. The molecule has 0 saturated carbocycles. The van der Waals surface area contributed by atoms with Crippen LogP contribution >= 0.6 is 0 Å². The summed E-state index contributed by atoms with van der Waals surface area (Å²) >= 11 is 0. The van der Waals surface area contributed by atoms with E-state index in [9.17, 15) is 9.90 Å². The first kappa shape index (κ1) is 9.54. The summed E-state index contributed by atoms with van der Waals surface area (Å²) in [5.41, 5.74) is 5.63. The highest BCUT2D eigenvalue weighted by molar-refractivity contribution is 5.76. The van der Waals surface area contributed by atoms with E-state index in [0.29, 0.717) is 30.8 Å². The molecule has 1 rings (SSSR count). The highest BCUT2D eigenvalue weighted by Gasteiger charge is 2.02. The molecule has 0 atom stereocenters. The summed E-state index contributed by atoms with van der Waals surface area (Å²) in [6.45, 7) is 0.725. The van der Waals surface area contributed by atoms with Crippen molar-refractivity contribution >= 4 is 6.29 Å². The Kier molecular flexibility index (Phi) is 3.28. The van der Waals surface area contributed by atoms with Crippen LogP contribution in [0.2, 0.25) is 0 Å². The fourth-order valence-electron chi connectivity index (χ4n) is 0.899. The highest BCUT2D eigenvalue weighted by Crippen LogP contribution is 2.25. The Hall–Kier alpha value is -1.55. The van der Waals surface area contributed by atoms with Gasteiger partial charge in [-0.15, -0.1) is 0 Å². The molecule has 1 aromatic rings. The molecule has 0 saturated heterocycles. The Labute approximate surface area is 75.9 Å². The van der Waals surface area contributed by atoms with Crippen LogP contribution in [0.25, 0.3) is 0 Å². The largest absolute Gasteiger partial charge is 0.504 e. The molecule has 4 nitrogen and oxygen atoms in total. The number of hydrogen-bond donors (Lipinski definition) is 2. The second-order valence-electron chi connectivity index (χ2n) is 2.48. The van der Waals surface area contributed by atoms with Gasteiger partial charge in [0.2, 0.25) is 0 Å². The van der Waals surface area contributed by atoms with Crippen molar-refractivity contribution in [1.29, 1.82) is 0 Å². The predicted molar refractivity (Wildman–Crippen MR) is 48.0 cm³/mol. The van der Waals surface area contributed by atoms with Gasteiger partial charge in [-0.1, -0.05) is 0 Å². The molecule has 0 spiro atoms. The van der Waals surface area contributed by atoms with E-state index >= 15 is 0 Å². The van der Waals surface area contributed by atoms with Crippen molar-refractivity contribution in [2.24, 2.45) is 5.73 Å². The van der Waals surface area contributed by atoms with Crippen LogP contribution in [0, 0.1) is 0 Å². The summed E-state index contributed by atoms with van der Waals surface area (Å²) in [7, 11) is 0. The fourth-order valence-corrected chi connectivity index (χ4v) is 0.899. The summed E-state index contributed by atoms with van der Waals surface area (Å²) < 4.78 is 5.09. The van der Waals surface area contributed by atoms with Crippen molar-refractivity contribution in [3.05, 3.63) is 23.8 Å². The quantitative estimate of drug-likeness (QED) is 0.665. The van der Waals surface area contributed by atoms with E-state index in [1.807, 2.05) is 0 Å². The maximum Gasteiger partial charge on any atom is 0.161 e. The van der Waals surface area contributed by atoms with Crippen molar-refractivity contribution in [2.75, 3.05) is 13.2 Å². The van der Waals surface area contributed by atoms with Crippen molar-refractivity contribution in [2.45, 2.75) is 0 Å². The van der Waals surface area contributed by atoms with Gasteiger partial charge in [-0.25, -0.2) is 0 Å². The molecule has 13 heavy (non-hydrogen) atoms. The van der Waals surface area contributed by atoms with Crippen LogP contribution in [-0.2, 0) is 0 Å². The fraction of sp³-hybridized carbons (Fsp3) is 0.222. The average molecular weight is 181 g/mol. The number of aromatic hydroxyl groups is 1. The minimum Gasteiger partial charge on any atom is -0.504 e. The minimum atomic E-state index is -0.0435. The molecule has 0 heterocycles. The molecular weight excluding hydrogens is 170 g/mol. The number of benzene rings is 1. The van der Waals surface area contributed by atoms with Gasteiger partial charge in [-0.05, 0) is 18.2 Å². The lowest BCUT2D eigenvalue weighted by atomic mass is 10.2. The van der Waals surface area contributed by atoms with Crippen LogP contribution in [0.1, 0.15) is 10.4 Å². The number of ether oxygens (including phenoxy) is 1. The van der Waals surface area contributed by atoms with Crippen molar-refractivity contribution in [3.63, 3.8) is 0 Å². The van der Waals surface area contributed by atoms with Crippen LogP contribution in [0.15, 0.2) is 18.2 Å². The predicted octanol–water partition coefficient (Wildman–Crippen LogP) is 0.542. The SMILES string of the molecule is NCCOc1ccc(C=O)cc1O. The smallest absolute Gasteiger partial charge is 0.161 e. The summed E-state index contributed by atoms with van der Waals surface area (Å²) in [4.78, 5) is 10.3.